The molecular formula is C12H17N3O2. The minimum Gasteiger partial charge on any atom is -0.343 e. The molecule has 0 aromatic rings. The van der Waals surface area contributed by atoms with E-state index >= 15 is 0 Å². The number of nitriles is 1. The lowest BCUT2D eigenvalue weighted by Crippen LogP contribution is -2.37. The average molecular weight is 235 g/mol. The van der Waals surface area contributed by atoms with Gasteiger partial charge in [0.05, 0.1) is 12.0 Å². The average Bonchev–Trinajstić information content (AvgIpc) is 2.94. The molecule has 1 aliphatic heterocycles. The van der Waals surface area contributed by atoms with E-state index in [9.17, 15) is 9.59 Å². The number of rotatable bonds is 3. The first-order valence-corrected chi connectivity index (χ1v) is 6.16. The molecule has 0 radical (unpaired) electrons. The summed E-state index contributed by atoms with van der Waals surface area (Å²) in [6.45, 7) is 0.549. The lowest BCUT2D eigenvalue weighted by molar-refractivity contribution is -0.130. The van der Waals surface area contributed by atoms with Crippen LogP contribution in [-0.4, -0.2) is 35.8 Å². The molecule has 0 aromatic heterocycles. The van der Waals surface area contributed by atoms with Crippen LogP contribution in [0.25, 0.3) is 0 Å². The van der Waals surface area contributed by atoms with Crippen molar-refractivity contribution in [3.05, 3.63) is 0 Å². The smallest absolute Gasteiger partial charge is 0.226 e. The van der Waals surface area contributed by atoms with Crippen LogP contribution in [0.1, 0.15) is 32.1 Å². The van der Waals surface area contributed by atoms with E-state index in [2.05, 4.69) is 5.32 Å². The second-order valence-corrected chi connectivity index (χ2v) is 4.76. The van der Waals surface area contributed by atoms with Gasteiger partial charge in [-0.2, -0.15) is 5.26 Å². The van der Waals surface area contributed by atoms with Crippen LogP contribution < -0.4 is 5.32 Å². The zero-order valence-electron chi connectivity index (χ0n) is 9.82. The van der Waals surface area contributed by atoms with Crippen molar-refractivity contribution in [2.75, 3.05) is 13.1 Å². The van der Waals surface area contributed by atoms with E-state index in [0.29, 0.717) is 19.0 Å². The van der Waals surface area contributed by atoms with Crippen molar-refractivity contribution in [2.24, 2.45) is 5.92 Å². The van der Waals surface area contributed by atoms with E-state index < -0.39 is 0 Å². The van der Waals surface area contributed by atoms with Gasteiger partial charge in [-0.25, -0.2) is 0 Å². The van der Waals surface area contributed by atoms with Crippen molar-refractivity contribution in [1.82, 2.24) is 10.2 Å². The summed E-state index contributed by atoms with van der Waals surface area (Å²) in [7, 11) is 0. The Morgan fingerprint density at radius 2 is 2.18 bits per heavy atom. The first-order valence-electron chi connectivity index (χ1n) is 6.16. The highest BCUT2D eigenvalue weighted by Gasteiger charge is 2.38. The molecule has 1 atom stereocenters. The number of likely N-dealkylation sites (tertiary alicyclic amines) is 1. The third-order valence-electron chi connectivity index (χ3n) is 3.64. The standard InChI is InChI=1S/C12H17N3O2/c13-5-6-14-12(17)9-7-11(16)15(8-9)10-3-1-2-4-10/h9-10H,1-4,6-8H2,(H,14,17)/t9-/m0/s1. The second kappa shape index (κ2) is 5.17. The summed E-state index contributed by atoms with van der Waals surface area (Å²) in [5, 5.41) is 10.9. The molecule has 1 saturated heterocycles. The number of amides is 2. The lowest BCUT2D eigenvalue weighted by atomic mass is 10.1. The maximum absolute atomic E-state index is 11.8. The van der Waals surface area contributed by atoms with E-state index in [1.165, 1.54) is 12.8 Å². The molecule has 0 aromatic carbocycles. The summed E-state index contributed by atoms with van der Waals surface area (Å²) in [5.74, 6) is -0.342. The monoisotopic (exact) mass is 235 g/mol. The highest BCUT2D eigenvalue weighted by molar-refractivity contribution is 5.89. The van der Waals surface area contributed by atoms with E-state index in [4.69, 9.17) is 5.26 Å². The summed E-state index contributed by atoms with van der Waals surface area (Å²) in [4.78, 5) is 25.4. The topological polar surface area (TPSA) is 73.2 Å². The van der Waals surface area contributed by atoms with E-state index in [-0.39, 0.29) is 24.3 Å². The van der Waals surface area contributed by atoms with E-state index in [0.717, 1.165) is 12.8 Å². The van der Waals surface area contributed by atoms with Crippen LogP contribution in [0.3, 0.4) is 0 Å². The zero-order valence-corrected chi connectivity index (χ0v) is 9.82. The van der Waals surface area contributed by atoms with Gasteiger partial charge in [-0.3, -0.25) is 9.59 Å². The Kier molecular flexibility index (Phi) is 3.62. The molecule has 0 unspecified atom stereocenters. The van der Waals surface area contributed by atoms with E-state index in [1.54, 1.807) is 0 Å². The minimum absolute atomic E-state index is 0.0208. The predicted octanol–water partition coefficient (Wildman–Crippen LogP) is 0.417. The molecule has 92 valence electrons. The molecule has 2 rings (SSSR count). The number of carbonyl (C=O) groups is 2. The van der Waals surface area contributed by atoms with Gasteiger partial charge in [0.15, 0.2) is 0 Å². The first-order chi connectivity index (χ1) is 8.22. The highest BCUT2D eigenvalue weighted by atomic mass is 16.2. The number of nitrogens with one attached hydrogen (secondary N) is 1. The van der Waals surface area contributed by atoms with Crippen molar-refractivity contribution in [1.29, 1.82) is 5.26 Å². The van der Waals surface area contributed by atoms with Crippen molar-refractivity contribution in [3.63, 3.8) is 0 Å². The van der Waals surface area contributed by atoms with Crippen molar-refractivity contribution < 1.29 is 9.59 Å². The molecule has 17 heavy (non-hydrogen) atoms. The third kappa shape index (κ3) is 2.57. The molecule has 2 fully saturated rings. The summed E-state index contributed by atoms with van der Waals surface area (Å²) >= 11 is 0. The van der Waals surface area contributed by atoms with Crippen LogP contribution in [0, 0.1) is 17.2 Å². The van der Waals surface area contributed by atoms with Gasteiger partial charge < -0.3 is 10.2 Å². The van der Waals surface area contributed by atoms with Crippen LogP contribution in [0.4, 0.5) is 0 Å². The molecule has 5 heteroatoms. The normalized spacial score (nSPS) is 25.0. The Hall–Kier alpha value is -1.57. The molecular weight excluding hydrogens is 218 g/mol. The van der Waals surface area contributed by atoms with Gasteiger partial charge in [-0.05, 0) is 12.8 Å². The fourth-order valence-corrected chi connectivity index (χ4v) is 2.75. The van der Waals surface area contributed by atoms with Crippen LogP contribution in [0.2, 0.25) is 0 Å². The molecule has 0 spiro atoms. The highest BCUT2D eigenvalue weighted by Crippen LogP contribution is 2.29. The number of nitrogens with zero attached hydrogens (tertiary/aromatic N) is 2. The summed E-state index contributed by atoms with van der Waals surface area (Å²) in [6.07, 6.45) is 4.80. The van der Waals surface area contributed by atoms with Crippen LogP contribution in [-0.2, 0) is 9.59 Å². The molecule has 1 N–H and O–H groups in total. The fourth-order valence-electron chi connectivity index (χ4n) is 2.75. The quantitative estimate of drug-likeness (QED) is 0.720. The Balaban J connectivity index is 1.90. The second-order valence-electron chi connectivity index (χ2n) is 4.76. The maximum atomic E-state index is 11.8. The molecule has 1 heterocycles. The lowest BCUT2D eigenvalue weighted by Gasteiger charge is -2.23. The Labute approximate surface area is 101 Å². The first kappa shape index (κ1) is 11.9. The number of carbonyl (C=O) groups excluding carboxylic acids is 2. The summed E-state index contributed by atoms with van der Waals surface area (Å²) in [6, 6.07) is 2.21. The van der Waals surface area contributed by atoms with E-state index in [1.807, 2.05) is 11.0 Å². The third-order valence-corrected chi connectivity index (χ3v) is 3.64. The number of hydrogen-bond donors (Lipinski definition) is 1. The van der Waals surface area contributed by atoms with Gasteiger partial charge in [-0.15, -0.1) is 0 Å². The largest absolute Gasteiger partial charge is 0.343 e. The molecule has 5 nitrogen and oxygen atoms in total. The molecule has 1 aliphatic carbocycles. The Morgan fingerprint density at radius 3 is 2.82 bits per heavy atom. The molecule has 1 saturated carbocycles. The summed E-state index contributed by atoms with van der Waals surface area (Å²) in [5.41, 5.74) is 0. The molecule has 0 bridgehead atoms. The van der Waals surface area contributed by atoms with Crippen molar-refractivity contribution >= 4 is 11.8 Å². The van der Waals surface area contributed by atoms with Gasteiger partial charge >= 0.3 is 0 Å². The van der Waals surface area contributed by atoms with Crippen LogP contribution in [0.5, 0.6) is 0 Å². The van der Waals surface area contributed by atoms with Crippen molar-refractivity contribution in [3.8, 4) is 6.07 Å². The zero-order chi connectivity index (χ0) is 12.3. The maximum Gasteiger partial charge on any atom is 0.226 e. The molecule has 2 amide bonds. The van der Waals surface area contributed by atoms with Gasteiger partial charge in [-0.1, -0.05) is 12.8 Å². The van der Waals surface area contributed by atoms with Crippen molar-refractivity contribution in [2.45, 2.75) is 38.1 Å². The van der Waals surface area contributed by atoms with Gasteiger partial charge in [0, 0.05) is 19.0 Å². The Morgan fingerprint density at radius 1 is 1.47 bits per heavy atom. The predicted molar refractivity (Wildman–Crippen MR) is 60.7 cm³/mol. The van der Waals surface area contributed by atoms with Crippen LogP contribution >= 0.6 is 0 Å². The fraction of sp³-hybridized carbons (Fsp3) is 0.750. The van der Waals surface area contributed by atoms with Gasteiger partial charge in [0.1, 0.15) is 6.54 Å². The number of hydrogen-bond acceptors (Lipinski definition) is 3. The SMILES string of the molecule is N#CCNC(=O)[C@H]1CC(=O)N(C2CCCC2)C1. The Bertz CT molecular complexity index is 355. The van der Waals surface area contributed by atoms with Crippen LogP contribution in [0.15, 0.2) is 0 Å². The molecule has 2 aliphatic rings. The van der Waals surface area contributed by atoms with Gasteiger partial charge in [0.2, 0.25) is 11.8 Å². The minimum atomic E-state index is -0.267. The van der Waals surface area contributed by atoms with Gasteiger partial charge in [0.25, 0.3) is 0 Å². The summed E-state index contributed by atoms with van der Waals surface area (Å²) < 4.78 is 0.